The maximum absolute atomic E-state index is 13.7. The molecule has 0 saturated carbocycles. The summed E-state index contributed by atoms with van der Waals surface area (Å²) in [5.74, 6) is 1.80. The molecule has 176 valence electrons. The Hall–Kier alpha value is -2.13. The molecule has 0 atom stereocenters. The molecule has 1 aliphatic rings. The Morgan fingerprint density at radius 2 is 2.06 bits per heavy atom. The average molecular weight is 486 g/mol. The third kappa shape index (κ3) is 6.26. The normalized spacial score (nSPS) is 14.5. The molecule has 0 unspecified atom stereocenters. The molecule has 0 bridgehead atoms. The van der Waals surface area contributed by atoms with Gasteiger partial charge in [-0.25, -0.2) is 4.98 Å². The summed E-state index contributed by atoms with van der Waals surface area (Å²) in [7, 11) is 0. The van der Waals surface area contributed by atoms with Crippen LogP contribution in [0.25, 0.3) is 10.2 Å². The second-order valence-electron chi connectivity index (χ2n) is 7.78. The van der Waals surface area contributed by atoms with Crippen LogP contribution >= 0.6 is 23.1 Å². The molecule has 1 aromatic heterocycles. The number of nitrogens with zero attached hydrogens (tertiary/aromatic N) is 3. The van der Waals surface area contributed by atoms with Crippen LogP contribution in [-0.2, 0) is 4.74 Å². The van der Waals surface area contributed by atoms with Crippen LogP contribution in [-0.4, -0.2) is 67.5 Å². The van der Waals surface area contributed by atoms with E-state index in [2.05, 4.69) is 17.9 Å². The summed E-state index contributed by atoms with van der Waals surface area (Å²) in [5.41, 5.74) is 1.59. The van der Waals surface area contributed by atoms with E-state index >= 15 is 0 Å². The van der Waals surface area contributed by atoms with Crippen molar-refractivity contribution in [1.82, 2.24) is 9.88 Å². The molecule has 1 fully saturated rings. The molecule has 1 amide bonds. The van der Waals surface area contributed by atoms with E-state index in [1.807, 2.05) is 48.2 Å². The number of amides is 1. The summed E-state index contributed by atoms with van der Waals surface area (Å²) >= 11 is 3.29. The third-order valence-corrected chi connectivity index (χ3v) is 7.40. The fraction of sp³-hybridized carbons (Fsp3) is 0.440. The van der Waals surface area contributed by atoms with Gasteiger partial charge >= 0.3 is 0 Å². The molecule has 2 aromatic carbocycles. The Kier molecular flexibility index (Phi) is 8.61. The van der Waals surface area contributed by atoms with Gasteiger partial charge in [0.25, 0.3) is 5.91 Å². The van der Waals surface area contributed by atoms with Gasteiger partial charge in [-0.2, -0.15) is 0 Å². The molecule has 1 aliphatic heterocycles. The van der Waals surface area contributed by atoms with Crippen LogP contribution < -0.4 is 9.64 Å². The van der Waals surface area contributed by atoms with E-state index in [1.165, 1.54) is 0 Å². The first-order valence-electron chi connectivity index (χ1n) is 11.6. The molecule has 4 rings (SSSR count). The van der Waals surface area contributed by atoms with E-state index in [9.17, 15) is 4.79 Å². The predicted molar refractivity (Wildman–Crippen MR) is 137 cm³/mol. The summed E-state index contributed by atoms with van der Waals surface area (Å²) in [6, 6.07) is 13.8. The molecule has 1 saturated heterocycles. The maximum atomic E-state index is 13.7. The Morgan fingerprint density at radius 1 is 1.21 bits per heavy atom. The van der Waals surface area contributed by atoms with Crippen LogP contribution in [0.3, 0.4) is 0 Å². The number of aromatic nitrogens is 1. The number of hydrogen-bond donors (Lipinski definition) is 0. The van der Waals surface area contributed by atoms with Crippen molar-refractivity contribution in [3.8, 4) is 5.75 Å². The van der Waals surface area contributed by atoms with E-state index < -0.39 is 0 Å². The lowest BCUT2D eigenvalue weighted by atomic mass is 10.2. The van der Waals surface area contributed by atoms with Gasteiger partial charge < -0.3 is 9.47 Å². The van der Waals surface area contributed by atoms with Crippen LogP contribution in [0, 0.1) is 0 Å². The number of hydrogen-bond acceptors (Lipinski definition) is 7. The number of morpholine rings is 1. The average Bonchev–Trinajstić information content (AvgIpc) is 3.26. The third-order valence-electron chi connectivity index (χ3n) is 5.49. The van der Waals surface area contributed by atoms with Crippen LogP contribution in [0.2, 0.25) is 0 Å². The SMILES string of the molecule is CCOc1ccc2nc(N(CCCN3CCOCC3)C(=O)c3cccc(SCC)c3)sc2c1. The van der Waals surface area contributed by atoms with Crippen molar-refractivity contribution in [2.24, 2.45) is 0 Å². The number of carbonyl (C=O) groups excluding carboxylic acids is 1. The Morgan fingerprint density at radius 3 is 2.85 bits per heavy atom. The second kappa shape index (κ2) is 11.8. The van der Waals surface area contributed by atoms with Gasteiger partial charge in [-0.15, -0.1) is 11.8 Å². The summed E-state index contributed by atoms with van der Waals surface area (Å²) in [5, 5.41) is 0.735. The summed E-state index contributed by atoms with van der Waals surface area (Å²) < 4.78 is 12.1. The first-order chi connectivity index (χ1) is 16.2. The molecular formula is C25H31N3O3S2. The molecule has 33 heavy (non-hydrogen) atoms. The molecule has 0 aliphatic carbocycles. The topological polar surface area (TPSA) is 54.9 Å². The Labute approximate surface area is 203 Å². The number of anilines is 1. The van der Waals surface area contributed by atoms with E-state index in [0.29, 0.717) is 18.7 Å². The summed E-state index contributed by atoms with van der Waals surface area (Å²) in [6.45, 7) is 9.75. The standard InChI is InChI=1S/C25H31N3O3S2/c1-3-31-20-9-10-22-23(18-20)33-25(26-22)28(12-6-11-27-13-15-30-16-14-27)24(29)19-7-5-8-21(17-19)32-4-2/h5,7-10,17-18H,3-4,6,11-16H2,1-2H3. The van der Waals surface area contributed by atoms with Gasteiger partial charge in [0.05, 0.1) is 30.0 Å². The van der Waals surface area contributed by atoms with Crippen LogP contribution in [0.4, 0.5) is 5.13 Å². The lowest BCUT2D eigenvalue weighted by Crippen LogP contribution is -2.39. The highest BCUT2D eigenvalue weighted by atomic mass is 32.2. The number of rotatable bonds is 10. The molecule has 0 spiro atoms. The Bertz CT molecular complexity index is 1070. The number of ether oxygens (including phenoxy) is 2. The van der Waals surface area contributed by atoms with E-state index in [1.54, 1.807) is 23.1 Å². The van der Waals surface area contributed by atoms with Gasteiger partial charge in [0.15, 0.2) is 5.13 Å². The minimum atomic E-state index is -0.000353. The smallest absolute Gasteiger partial charge is 0.260 e. The van der Waals surface area contributed by atoms with Crippen molar-refractivity contribution in [2.45, 2.75) is 25.2 Å². The van der Waals surface area contributed by atoms with Crippen molar-refractivity contribution in [3.63, 3.8) is 0 Å². The maximum Gasteiger partial charge on any atom is 0.260 e. The van der Waals surface area contributed by atoms with Crippen LogP contribution in [0.1, 0.15) is 30.6 Å². The number of carbonyl (C=O) groups is 1. The van der Waals surface area contributed by atoms with Gasteiger partial charge in [-0.3, -0.25) is 14.6 Å². The molecule has 0 N–H and O–H groups in total. The molecule has 0 radical (unpaired) electrons. The van der Waals surface area contributed by atoms with Crippen molar-refractivity contribution in [1.29, 1.82) is 0 Å². The molecule has 8 heteroatoms. The van der Waals surface area contributed by atoms with Gasteiger partial charge in [0.1, 0.15) is 5.75 Å². The lowest BCUT2D eigenvalue weighted by molar-refractivity contribution is 0.0376. The van der Waals surface area contributed by atoms with Gasteiger partial charge in [0, 0.05) is 36.6 Å². The fourth-order valence-corrected chi connectivity index (χ4v) is 5.60. The first-order valence-corrected chi connectivity index (χ1v) is 13.4. The molecule has 2 heterocycles. The lowest BCUT2D eigenvalue weighted by Gasteiger charge is -2.27. The van der Waals surface area contributed by atoms with Gasteiger partial charge in [-0.05, 0) is 55.5 Å². The van der Waals surface area contributed by atoms with E-state index in [4.69, 9.17) is 14.5 Å². The minimum absolute atomic E-state index is 0.000353. The molecule has 3 aromatic rings. The summed E-state index contributed by atoms with van der Waals surface area (Å²) in [6.07, 6.45) is 0.884. The van der Waals surface area contributed by atoms with E-state index in [0.717, 1.165) is 71.0 Å². The zero-order chi connectivity index (χ0) is 23.0. The summed E-state index contributed by atoms with van der Waals surface area (Å²) in [4.78, 5) is 23.8. The first kappa shape index (κ1) is 24.0. The molecular weight excluding hydrogens is 454 g/mol. The highest BCUT2D eigenvalue weighted by molar-refractivity contribution is 7.99. The van der Waals surface area contributed by atoms with Gasteiger partial charge in [0.2, 0.25) is 0 Å². The van der Waals surface area contributed by atoms with Crippen LogP contribution in [0.15, 0.2) is 47.4 Å². The number of benzene rings is 2. The van der Waals surface area contributed by atoms with E-state index in [-0.39, 0.29) is 5.91 Å². The quantitative estimate of drug-likeness (QED) is 0.369. The molecule has 6 nitrogen and oxygen atoms in total. The number of fused-ring (bicyclic) bond motifs is 1. The number of thioether (sulfide) groups is 1. The fourth-order valence-electron chi connectivity index (χ4n) is 3.87. The highest BCUT2D eigenvalue weighted by Gasteiger charge is 2.22. The zero-order valence-corrected chi connectivity index (χ0v) is 20.9. The number of thiazole rings is 1. The van der Waals surface area contributed by atoms with Crippen molar-refractivity contribution >= 4 is 44.4 Å². The largest absolute Gasteiger partial charge is 0.494 e. The van der Waals surface area contributed by atoms with Crippen molar-refractivity contribution in [3.05, 3.63) is 48.0 Å². The van der Waals surface area contributed by atoms with Crippen molar-refractivity contribution < 1.29 is 14.3 Å². The van der Waals surface area contributed by atoms with Crippen molar-refractivity contribution in [2.75, 3.05) is 56.7 Å². The zero-order valence-electron chi connectivity index (χ0n) is 19.3. The predicted octanol–water partition coefficient (Wildman–Crippen LogP) is 5.18. The monoisotopic (exact) mass is 485 g/mol. The second-order valence-corrected chi connectivity index (χ2v) is 10.1. The minimum Gasteiger partial charge on any atom is -0.494 e. The highest BCUT2D eigenvalue weighted by Crippen LogP contribution is 2.33. The Balaban J connectivity index is 1.58. The van der Waals surface area contributed by atoms with Crippen LogP contribution in [0.5, 0.6) is 5.75 Å². The van der Waals surface area contributed by atoms with Gasteiger partial charge in [-0.1, -0.05) is 24.3 Å².